The van der Waals surface area contributed by atoms with E-state index in [4.69, 9.17) is 11.6 Å². The van der Waals surface area contributed by atoms with Crippen LogP contribution in [0.25, 0.3) is 0 Å². The Kier molecular flexibility index (Phi) is 5.76. The van der Waals surface area contributed by atoms with Gasteiger partial charge in [0.25, 0.3) is 11.6 Å². The maximum Gasteiger partial charge on any atom is 0.270 e. The summed E-state index contributed by atoms with van der Waals surface area (Å²) >= 11 is 5.97. The van der Waals surface area contributed by atoms with Crippen molar-refractivity contribution in [3.8, 4) is 0 Å². The summed E-state index contributed by atoms with van der Waals surface area (Å²) in [7, 11) is 0. The Morgan fingerprint density at radius 2 is 1.89 bits per heavy atom. The molecular weight excluding hydrogens is 268 g/mol. The van der Waals surface area contributed by atoms with Gasteiger partial charge < -0.3 is 4.90 Å². The van der Waals surface area contributed by atoms with Crippen molar-refractivity contribution in [1.29, 1.82) is 0 Å². The van der Waals surface area contributed by atoms with Crippen LogP contribution in [0.3, 0.4) is 0 Å². The van der Waals surface area contributed by atoms with Gasteiger partial charge in [-0.3, -0.25) is 14.9 Å². The van der Waals surface area contributed by atoms with Crippen molar-refractivity contribution in [1.82, 2.24) is 4.90 Å². The van der Waals surface area contributed by atoms with Crippen molar-refractivity contribution < 1.29 is 9.72 Å². The van der Waals surface area contributed by atoms with Crippen LogP contribution < -0.4 is 0 Å². The Hall–Kier alpha value is -1.62. The molecule has 0 fully saturated rings. The number of halogens is 1. The predicted molar refractivity (Wildman–Crippen MR) is 74.6 cm³/mol. The smallest absolute Gasteiger partial charge is 0.270 e. The lowest BCUT2D eigenvalue weighted by Crippen LogP contribution is -2.32. The zero-order chi connectivity index (χ0) is 14.4. The summed E-state index contributed by atoms with van der Waals surface area (Å²) in [5, 5.41) is 11.0. The van der Waals surface area contributed by atoms with E-state index in [1.165, 1.54) is 18.2 Å². The third-order valence-corrected chi connectivity index (χ3v) is 3.00. The van der Waals surface area contributed by atoms with Crippen LogP contribution in [0, 0.1) is 10.1 Å². The highest BCUT2D eigenvalue weighted by Crippen LogP contribution is 2.23. The number of carbonyl (C=O) groups excluding carboxylic acids is 1. The number of non-ortho nitro benzene ring substituents is 1. The molecule has 5 nitrogen and oxygen atoms in total. The predicted octanol–water partition coefficient (Wildman–Crippen LogP) is 3.51. The van der Waals surface area contributed by atoms with Crippen molar-refractivity contribution in [2.45, 2.75) is 26.7 Å². The molecule has 0 radical (unpaired) electrons. The molecule has 1 rings (SSSR count). The van der Waals surface area contributed by atoms with Crippen LogP contribution in [-0.4, -0.2) is 28.8 Å². The molecule has 0 aromatic heterocycles. The Morgan fingerprint density at radius 1 is 1.32 bits per heavy atom. The van der Waals surface area contributed by atoms with Gasteiger partial charge in [0.2, 0.25) is 0 Å². The maximum absolute atomic E-state index is 12.3. The van der Waals surface area contributed by atoms with Crippen LogP contribution in [0.5, 0.6) is 0 Å². The molecule has 0 bridgehead atoms. The number of benzene rings is 1. The number of hydrogen-bond donors (Lipinski definition) is 0. The van der Waals surface area contributed by atoms with Gasteiger partial charge in [-0.2, -0.15) is 0 Å². The lowest BCUT2D eigenvalue weighted by molar-refractivity contribution is -0.384. The first-order valence-corrected chi connectivity index (χ1v) is 6.62. The fourth-order valence-corrected chi connectivity index (χ4v) is 2.01. The summed E-state index contributed by atoms with van der Waals surface area (Å²) in [5.74, 6) is -0.252. The molecule has 0 aliphatic rings. The molecule has 104 valence electrons. The molecule has 19 heavy (non-hydrogen) atoms. The first-order chi connectivity index (χ1) is 9.01. The van der Waals surface area contributed by atoms with Crippen molar-refractivity contribution >= 4 is 23.2 Å². The van der Waals surface area contributed by atoms with Gasteiger partial charge in [-0.15, -0.1) is 0 Å². The normalized spacial score (nSPS) is 10.3. The summed E-state index contributed by atoms with van der Waals surface area (Å²) < 4.78 is 0. The summed E-state index contributed by atoms with van der Waals surface area (Å²) in [4.78, 5) is 24.2. The van der Waals surface area contributed by atoms with Gasteiger partial charge in [0.05, 0.1) is 15.5 Å². The number of carbonyl (C=O) groups is 1. The zero-order valence-corrected chi connectivity index (χ0v) is 11.8. The van der Waals surface area contributed by atoms with Crippen molar-refractivity contribution in [2.75, 3.05) is 13.1 Å². The second kappa shape index (κ2) is 7.09. The van der Waals surface area contributed by atoms with E-state index in [0.29, 0.717) is 13.1 Å². The van der Waals surface area contributed by atoms with Crippen molar-refractivity contribution in [3.63, 3.8) is 0 Å². The number of nitro groups is 1. The van der Waals surface area contributed by atoms with Crippen LogP contribution in [0.15, 0.2) is 18.2 Å². The van der Waals surface area contributed by atoms with E-state index in [0.717, 1.165) is 12.8 Å². The molecule has 0 atom stereocenters. The second-order valence-corrected chi connectivity index (χ2v) is 4.62. The molecule has 1 amide bonds. The molecule has 1 aromatic rings. The maximum atomic E-state index is 12.3. The van der Waals surface area contributed by atoms with E-state index < -0.39 is 4.92 Å². The van der Waals surface area contributed by atoms with Gasteiger partial charge in [0, 0.05) is 25.2 Å². The largest absolute Gasteiger partial charge is 0.339 e. The number of nitrogens with zero attached hydrogens (tertiary/aromatic N) is 2. The molecular formula is C13H17ClN2O3. The topological polar surface area (TPSA) is 63.5 Å². The lowest BCUT2D eigenvalue weighted by Gasteiger charge is -2.21. The van der Waals surface area contributed by atoms with Crippen molar-refractivity contribution in [3.05, 3.63) is 38.9 Å². The quantitative estimate of drug-likeness (QED) is 0.593. The lowest BCUT2D eigenvalue weighted by atomic mass is 10.1. The Balaban J connectivity index is 3.08. The molecule has 0 heterocycles. The molecule has 0 unspecified atom stereocenters. The molecule has 0 aliphatic heterocycles. The SMILES string of the molecule is CCCN(CCC)C(=O)c1cc([N+](=O)[O-])ccc1Cl. The zero-order valence-electron chi connectivity index (χ0n) is 11.1. The highest BCUT2D eigenvalue weighted by Gasteiger charge is 2.20. The highest BCUT2D eigenvalue weighted by atomic mass is 35.5. The van der Waals surface area contributed by atoms with Gasteiger partial charge in [-0.1, -0.05) is 25.4 Å². The van der Waals surface area contributed by atoms with Crippen molar-refractivity contribution in [2.24, 2.45) is 0 Å². The minimum Gasteiger partial charge on any atom is -0.339 e. The van der Waals surface area contributed by atoms with Gasteiger partial charge in [-0.05, 0) is 18.9 Å². The number of hydrogen-bond acceptors (Lipinski definition) is 3. The minimum absolute atomic E-state index is 0.124. The molecule has 0 N–H and O–H groups in total. The van der Waals surface area contributed by atoms with Gasteiger partial charge in [0.15, 0.2) is 0 Å². The summed E-state index contributed by atoms with van der Waals surface area (Å²) in [6.07, 6.45) is 1.66. The average Bonchev–Trinajstić information content (AvgIpc) is 2.38. The van der Waals surface area contributed by atoms with Crippen LogP contribution in [0.2, 0.25) is 5.02 Å². The first-order valence-electron chi connectivity index (χ1n) is 6.24. The average molecular weight is 285 g/mol. The van der Waals surface area contributed by atoms with Crippen LogP contribution in [0.1, 0.15) is 37.0 Å². The number of rotatable bonds is 6. The van der Waals surface area contributed by atoms with E-state index in [2.05, 4.69) is 0 Å². The Morgan fingerprint density at radius 3 is 2.37 bits per heavy atom. The first kappa shape index (κ1) is 15.4. The highest BCUT2D eigenvalue weighted by molar-refractivity contribution is 6.33. The number of amides is 1. The molecule has 6 heteroatoms. The monoisotopic (exact) mass is 284 g/mol. The van der Waals surface area contributed by atoms with E-state index in [9.17, 15) is 14.9 Å². The molecule has 0 saturated heterocycles. The third kappa shape index (κ3) is 3.92. The van der Waals surface area contributed by atoms with Gasteiger partial charge in [0.1, 0.15) is 0 Å². The second-order valence-electron chi connectivity index (χ2n) is 4.21. The summed E-state index contributed by atoms with van der Waals surface area (Å²) in [5.41, 5.74) is 0.0680. The van der Waals surface area contributed by atoms with E-state index >= 15 is 0 Å². The third-order valence-electron chi connectivity index (χ3n) is 2.67. The van der Waals surface area contributed by atoms with Gasteiger partial charge in [-0.25, -0.2) is 0 Å². The Bertz CT molecular complexity index is 471. The fourth-order valence-electron chi connectivity index (χ4n) is 1.82. The summed E-state index contributed by atoms with van der Waals surface area (Å²) in [6.45, 7) is 5.19. The molecule has 0 spiro atoms. The summed E-state index contributed by atoms with van der Waals surface area (Å²) in [6, 6.07) is 3.93. The van der Waals surface area contributed by atoms with E-state index in [1.54, 1.807) is 4.90 Å². The van der Waals surface area contributed by atoms with Gasteiger partial charge >= 0.3 is 0 Å². The van der Waals surface area contributed by atoms with Crippen LogP contribution in [0.4, 0.5) is 5.69 Å². The molecule has 1 aromatic carbocycles. The molecule has 0 aliphatic carbocycles. The van der Waals surface area contributed by atoms with E-state index in [1.807, 2.05) is 13.8 Å². The minimum atomic E-state index is -0.531. The Labute approximate surface area is 117 Å². The molecule has 0 saturated carbocycles. The van der Waals surface area contributed by atoms with Crippen LogP contribution in [-0.2, 0) is 0 Å². The standard InChI is InChI=1S/C13H17ClN2O3/c1-3-7-15(8-4-2)13(17)11-9-10(16(18)19)5-6-12(11)14/h5-6,9H,3-4,7-8H2,1-2H3. The van der Waals surface area contributed by atoms with Crippen LogP contribution >= 0.6 is 11.6 Å². The number of nitro benzene ring substituents is 1. The van der Waals surface area contributed by atoms with E-state index in [-0.39, 0.29) is 22.2 Å². The fraction of sp³-hybridized carbons (Fsp3) is 0.462.